The summed E-state index contributed by atoms with van der Waals surface area (Å²) in [6.45, 7) is 2.74. The summed E-state index contributed by atoms with van der Waals surface area (Å²) >= 11 is 0. The maximum Gasteiger partial charge on any atom is 0.172 e. The van der Waals surface area contributed by atoms with Crippen molar-refractivity contribution in [1.82, 2.24) is 15.0 Å². The molecule has 0 unspecified atom stereocenters. The Kier molecular flexibility index (Phi) is 3.65. The summed E-state index contributed by atoms with van der Waals surface area (Å²) in [5.74, 6) is 0. The monoisotopic (exact) mass is 229 g/mol. The average Bonchev–Trinajstić information content (AvgIpc) is 2.79. The second-order valence-electron chi connectivity index (χ2n) is 3.84. The van der Waals surface area contributed by atoms with Gasteiger partial charge >= 0.3 is 0 Å². The van der Waals surface area contributed by atoms with E-state index in [2.05, 4.69) is 22.4 Å². The average molecular weight is 229 g/mol. The summed E-state index contributed by atoms with van der Waals surface area (Å²) in [6, 6.07) is 10.2. The standard InChI is InChI=1S/C13H15N3O/c1-2-16-13(12(10-17)14-15-16)9-8-11-6-4-3-5-7-11/h3-7,10H,2,8-9H2,1H3. The lowest BCUT2D eigenvalue weighted by Crippen LogP contribution is -2.05. The van der Waals surface area contributed by atoms with E-state index in [1.54, 1.807) is 4.68 Å². The van der Waals surface area contributed by atoms with Gasteiger partial charge in [0.1, 0.15) is 5.69 Å². The summed E-state index contributed by atoms with van der Waals surface area (Å²) in [7, 11) is 0. The van der Waals surface area contributed by atoms with Crippen LogP contribution in [0.3, 0.4) is 0 Å². The van der Waals surface area contributed by atoms with Crippen molar-refractivity contribution < 1.29 is 4.79 Å². The molecule has 0 fully saturated rings. The molecule has 0 spiro atoms. The highest BCUT2D eigenvalue weighted by atomic mass is 16.1. The quantitative estimate of drug-likeness (QED) is 0.736. The molecule has 1 aromatic carbocycles. The van der Waals surface area contributed by atoms with Gasteiger partial charge in [0.25, 0.3) is 0 Å². The van der Waals surface area contributed by atoms with Crippen LogP contribution >= 0.6 is 0 Å². The molecule has 17 heavy (non-hydrogen) atoms. The minimum absolute atomic E-state index is 0.461. The van der Waals surface area contributed by atoms with E-state index in [0.29, 0.717) is 5.69 Å². The number of hydrogen-bond acceptors (Lipinski definition) is 3. The zero-order valence-electron chi connectivity index (χ0n) is 9.84. The fraction of sp³-hybridized carbons (Fsp3) is 0.308. The van der Waals surface area contributed by atoms with Crippen LogP contribution in [-0.4, -0.2) is 21.3 Å². The molecule has 0 N–H and O–H groups in total. The molecule has 0 aliphatic heterocycles. The number of hydrogen-bond donors (Lipinski definition) is 0. The van der Waals surface area contributed by atoms with Gasteiger partial charge in [-0.25, -0.2) is 4.68 Å². The smallest absolute Gasteiger partial charge is 0.172 e. The van der Waals surface area contributed by atoms with Crippen molar-refractivity contribution in [2.75, 3.05) is 0 Å². The summed E-state index contributed by atoms with van der Waals surface area (Å²) in [5, 5.41) is 7.82. The molecule has 0 amide bonds. The van der Waals surface area contributed by atoms with Gasteiger partial charge < -0.3 is 0 Å². The summed E-state index contributed by atoms with van der Waals surface area (Å²) in [4.78, 5) is 10.9. The van der Waals surface area contributed by atoms with E-state index < -0.39 is 0 Å². The number of aryl methyl sites for hydroxylation is 2. The van der Waals surface area contributed by atoms with Crippen LogP contribution in [0.15, 0.2) is 30.3 Å². The maximum atomic E-state index is 10.9. The van der Waals surface area contributed by atoms with Crippen LogP contribution in [-0.2, 0) is 19.4 Å². The largest absolute Gasteiger partial charge is 0.296 e. The Hall–Kier alpha value is -1.97. The van der Waals surface area contributed by atoms with Gasteiger partial charge in [-0.05, 0) is 25.3 Å². The highest BCUT2D eigenvalue weighted by molar-refractivity contribution is 5.73. The summed E-state index contributed by atoms with van der Waals surface area (Å²) in [5.41, 5.74) is 2.64. The predicted molar refractivity (Wildman–Crippen MR) is 64.9 cm³/mol. The lowest BCUT2D eigenvalue weighted by atomic mass is 10.1. The van der Waals surface area contributed by atoms with Crippen LogP contribution in [0, 0.1) is 0 Å². The summed E-state index contributed by atoms with van der Waals surface area (Å²) in [6.07, 6.45) is 2.47. The van der Waals surface area contributed by atoms with Gasteiger partial charge in [0, 0.05) is 6.54 Å². The molecule has 0 saturated heterocycles. The third-order valence-electron chi connectivity index (χ3n) is 2.77. The second-order valence-corrected chi connectivity index (χ2v) is 3.84. The third-order valence-corrected chi connectivity index (χ3v) is 2.77. The molecule has 0 aliphatic rings. The molecule has 0 atom stereocenters. The Morgan fingerprint density at radius 1 is 1.24 bits per heavy atom. The number of carbonyl (C=O) groups excluding carboxylic acids is 1. The molecule has 1 heterocycles. The van der Waals surface area contributed by atoms with Crippen molar-refractivity contribution in [3.63, 3.8) is 0 Å². The van der Waals surface area contributed by atoms with Crippen LogP contribution in [0.5, 0.6) is 0 Å². The van der Waals surface area contributed by atoms with Crippen molar-refractivity contribution in [3.05, 3.63) is 47.3 Å². The first-order valence-corrected chi connectivity index (χ1v) is 5.76. The van der Waals surface area contributed by atoms with Crippen molar-refractivity contribution in [1.29, 1.82) is 0 Å². The van der Waals surface area contributed by atoms with Crippen molar-refractivity contribution >= 4 is 6.29 Å². The molecular weight excluding hydrogens is 214 g/mol. The summed E-state index contributed by atoms with van der Waals surface area (Å²) < 4.78 is 1.78. The van der Waals surface area contributed by atoms with E-state index >= 15 is 0 Å². The molecule has 0 bridgehead atoms. The number of nitrogens with zero attached hydrogens (tertiary/aromatic N) is 3. The number of aldehydes is 1. The van der Waals surface area contributed by atoms with Gasteiger partial charge in [-0.3, -0.25) is 4.79 Å². The normalized spacial score (nSPS) is 10.4. The van der Waals surface area contributed by atoms with E-state index in [9.17, 15) is 4.79 Å². The van der Waals surface area contributed by atoms with Crippen LogP contribution < -0.4 is 0 Å². The van der Waals surface area contributed by atoms with Crippen LogP contribution in [0.25, 0.3) is 0 Å². The van der Waals surface area contributed by atoms with Gasteiger partial charge in [0.15, 0.2) is 6.29 Å². The van der Waals surface area contributed by atoms with Crippen LogP contribution in [0.1, 0.15) is 28.7 Å². The molecule has 4 heteroatoms. The van der Waals surface area contributed by atoms with E-state index in [-0.39, 0.29) is 0 Å². The highest BCUT2D eigenvalue weighted by Crippen LogP contribution is 2.09. The van der Waals surface area contributed by atoms with Gasteiger partial charge in [-0.1, -0.05) is 35.5 Å². The number of rotatable bonds is 5. The van der Waals surface area contributed by atoms with Gasteiger partial charge in [0.2, 0.25) is 0 Å². The molecule has 0 saturated carbocycles. The Bertz CT molecular complexity index is 491. The molecule has 2 rings (SSSR count). The lowest BCUT2D eigenvalue weighted by Gasteiger charge is -2.04. The lowest BCUT2D eigenvalue weighted by molar-refractivity contribution is 0.111. The Balaban J connectivity index is 2.13. The van der Waals surface area contributed by atoms with Crippen LogP contribution in [0.4, 0.5) is 0 Å². The Labute approximate surface area is 100 Å². The van der Waals surface area contributed by atoms with E-state index in [1.807, 2.05) is 25.1 Å². The molecule has 4 nitrogen and oxygen atoms in total. The predicted octanol–water partition coefficient (Wildman–Crippen LogP) is 1.90. The SMILES string of the molecule is CCn1nnc(C=O)c1CCc1ccccc1. The van der Waals surface area contributed by atoms with Crippen molar-refractivity contribution in [3.8, 4) is 0 Å². The molecule has 2 aromatic rings. The number of aromatic nitrogens is 3. The molecule has 88 valence electrons. The minimum atomic E-state index is 0.461. The van der Waals surface area contributed by atoms with Gasteiger partial charge in [0.05, 0.1) is 5.69 Å². The first-order chi connectivity index (χ1) is 8.35. The van der Waals surface area contributed by atoms with E-state index in [1.165, 1.54) is 5.56 Å². The van der Waals surface area contributed by atoms with Gasteiger partial charge in [-0.15, -0.1) is 5.10 Å². The number of benzene rings is 1. The van der Waals surface area contributed by atoms with E-state index in [0.717, 1.165) is 31.4 Å². The molecule has 0 radical (unpaired) electrons. The second kappa shape index (κ2) is 5.39. The maximum absolute atomic E-state index is 10.9. The van der Waals surface area contributed by atoms with Gasteiger partial charge in [-0.2, -0.15) is 0 Å². The van der Waals surface area contributed by atoms with E-state index in [4.69, 9.17) is 0 Å². The Morgan fingerprint density at radius 3 is 2.65 bits per heavy atom. The third kappa shape index (κ3) is 2.58. The first kappa shape index (κ1) is 11.5. The fourth-order valence-electron chi connectivity index (χ4n) is 1.86. The zero-order chi connectivity index (χ0) is 12.1. The Morgan fingerprint density at radius 2 is 2.00 bits per heavy atom. The molecule has 0 aliphatic carbocycles. The first-order valence-electron chi connectivity index (χ1n) is 5.76. The minimum Gasteiger partial charge on any atom is -0.296 e. The molecule has 1 aromatic heterocycles. The van der Waals surface area contributed by atoms with Crippen molar-refractivity contribution in [2.45, 2.75) is 26.3 Å². The zero-order valence-corrected chi connectivity index (χ0v) is 9.84. The highest BCUT2D eigenvalue weighted by Gasteiger charge is 2.10. The topological polar surface area (TPSA) is 47.8 Å². The molecular formula is C13H15N3O. The number of carbonyl (C=O) groups is 1. The van der Waals surface area contributed by atoms with Crippen molar-refractivity contribution in [2.24, 2.45) is 0 Å². The fourth-order valence-corrected chi connectivity index (χ4v) is 1.86. The van der Waals surface area contributed by atoms with Crippen LogP contribution in [0.2, 0.25) is 0 Å².